The van der Waals surface area contributed by atoms with Gasteiger partial charge in [-0.15, -0.1) is 0 Å². The number of rotatable bonds is 5. The lowest BCUT2D eigenvalue weighted by Gasteiger charge is -2.11. The van der Waals surface area contributed by atoms with E-state index < -0.39 is 6.04 Å². The van der Waals surface area contributed by atoms with Crippen molar-refractivity contribution in [3.63, 3.8) is 0 Å². The maximum absolute atomic E-state index is 11.5. The number of carbonyl (C=O) groups excluding carboxylic acids is 1. The molecule has 4 heteroatoms. The van der Waals surface area contributed by atoms with E-state index in [1.165, 1.54) is 0 Å². The second-order valence-corrected chi connectivity index (χ2v) is 3.74. The number of amides is 1. The van der Waals surface area contributed by atoms with Crippen LogP contribution in [0.5, 0.6) is 5.75 Å². The van der Waals surface area contributed by atoms with Gasteiger partial charge in [-0.25, -0.2) is 0 Å². The zero-order valence-corrected chi connectivity index (χ0v) is 9.44. The predicted octanol–water partition coefficient (Wildman–Crippen LogP) is 1.14. The summed E-state index contributed by atoms with van der Waals surface area (Å²) < 4.78 is 0. The molecule has 0 fully saturated rings. The number of phenolic OH excluding ortho intramolecular Hbond substituents is 1. The Balaban J connectivity index is 2.46. The van der Waals surface area contributed by atoms with Crippen LogP contribution in [0, 0.1) is 0 Å². The van der Waals surface area contributed by atoms with Crippen LogP contribution in [0.4, 0.5) is 0 Å². The van der Waals surface area contributed by atoms with Gasteiger partial charge >= 0.3 is 0 Å². The first-order valence-electron chi connectivity index (χ1n) is 5.45. The molecule has 88 valence electrons. The zero-order chi connectivity index (χ0) is 12.0. The number of phenols is 1. The van der Waals surface area contributed by atoms with Crippen LogP contribution in [0.15, 0.2) is 24.3 Å². The normalized spacial score (nSPS) is 12.1. The Hall–Kier alpha value is -1.55. The van der Waals surface area contributed by atoms with E-state index in [2.05, 4.69) is 5.32 Å². The Morgan fingerprint density at radius 3 is 2.81 bits per heavy atom. The fourth-order valence-corrected chi connectivity index (χ4v) is 1.42. The number of hydrogen-bond donors (Lipinski definition) is 3. The van der Waals surface area contributed by atoms with Crippen LogP contribution in [0.3, 0.4) is 0 Å². The number of benzene rings is 1. The molecule has 1 rings (SSSR count). The maximum atomic E-state index is 11.5. The number of hydrogen-bond acceptors (Lipinski definition) is 3. The van der Waals surface area contributed by atoms with Gasteiger partial charge in [-0.05, 0) is 12.5 Å². The monoisotopic (exact) mass is 222 g/mol. The molecule has 0 radical (unpaired) electrons. The van der Waals surface area contributed by atoms with Gasteiger partial charge in [-0.2, -0.15) is 0 Å². The summed E-state index contributed by atoms with van der Waals surface area (Å²) in [6, 6.07) is 6.45. The molecule has 1 atom stereocenters. The van der Waals surface area contributed by atoms with Crippen molar-refractivity contribution < 1.29 is 9.90 Å². The molecule has 0 unspecified atom stereocenters. The van der Waals surface area contributed by atoms with Gasteiger partial charge in [0.15, 0.2) is 0 Å². The highest BCUT2D eigenvalue weighted by atomic mass is 16.3. The SMILES string of the molecule is CCC[C@H](N)C(=O)NCc1ccccc1O. The summed E-state index contributed by atoms with van der Waals surface area (Å²) in [5.74, 6) is 0.0111. The molecule has 0 spiro atoms. The van der Waals surface area contributed by atoms with E-state index in [1.54, 1.807) is 18.2 Å². The third-order valence-electron chi connectivity index (χ3n) is 2.38. The standard InChI is InChI=1S/C12H18N2O2/c1-2-5-10(13)12(16)14-8-9-6-3-4-7-11(9)15/h3-4,6-7,10,15H,2,5,8,13H2,1H3,(H,14,16)/t10-/m0/s1. The average Bonchev–Trinajstić information content (AvgIpc) is 2.28. The van der Waals surface area contributed by atoms with Crippen molar-refractivity contribution in [2.75, 3.05) is 0 Å². The smallest absolute Gasteiger partial charge is 0.237 e. The highest BCUT2D eigenvalue weighted by Gasteiger charge is 2.11. The van der Waals surface area contributed by atoms with Crippen LogP contribution >= 0.6 is 0 Å². The summed E-state index contributed by atoms with van der Waals surface area (Å²) in [4.78, 5) is 11.5. The van der Waals surface area contributed by atoms with Gasteiger partial charge in [0.2, 0.25) is 5.91 Å². The average molecular weight is 222 g/mol. The molecular formula is C12H18N2O2. The van der Waals surface area contributed by atoms with Gasteiger partial charge in [-0.1, -0.05) is 31.5 Å². The molecule has 16 heavy (non-hydrogen) atoms. The van der Waals surface area contributed by atoms with Gasteiger partial charge in [-0.3, -0.25) is 4.79 Å². The first-order valence-corrected chi connectivity index (χ1v) is 5.45. The molecule has 0 aromatic heterocycles. The largest absolute Gasteiger partial charge is 0.508 e. The summed E-state index contributed by atoms with van der Waals surface area (Å²) in [6.07, 6.45) is 1.55. The van der Waals surface area contributed by atoms with Crippen molar-refractivity contribution in [1.82, 2.24) is 5.32 Å². The van der Waals surface area contributed by atoms with Crippen molar-refractivity contribution in [3.05, 3.63) is 29.8 Å². The molecule has 0 heterocycles. The fourth-order valence-electron chi connectivity index (χ4n) is 1.42. The van der Waals surface area contributed by atoms with Gasteiger partial charge < -0.3 is 16.2 Å². The molecule has 4 N–H and O–H groups in total. The lowest BCUT2D eigenvalue weighted by Crippen LogP contribution is -2.40. The van der Waals surface area contributed by atoms with Gasteiger partial charge in [0, 0.05) is 12.1 Å². The van der Waals surface area contributed by atoms with Crippen molar-refractivity contribution in [1.29, 1.82) is 0 Å². The Morgan fingerprint density at radius 1 is 1.50 bits per heavy atom. The summed E-state index contributed by atoms with van der Waals surface area (Å²) >= 11 is 0. The summed E-state index contributed by atoms with van der Waals surface area (Å²) in [5.41, 5.74) is 6.35. The lowest BCUT2D eigenvalue weighted by molar-refractivity contribution is -0.122. The van der Waals surface area contributed by atoms with Crippen LogP contribution in [0.25, 0.3) is 0 Å². The second-order valence-electron chi connectivity index (χ2n) is 3.74. The highest BCUT2D eigenvalue weighted by molar-refractivity contribution is 5.81. The van der Waals surface area contributed by atoms with E-state index in [9.17, 15) is 9.90 Å². The third-order valence-corrected chi connectivity index (χ3v) is 2.38. The van der Waals surface area contributed by atoms with E-state index >= 15 is 0 Å². The third kappa shape index (κ3) is 3.55. The van der Waals surface area contributed by atoms with Crippen LogP contribution in [-0.2, 0) is 11.3 Å². The van der Waals surface area contributed by atoms with E-state index in [0.29, 0.717) is 18.5 Å². The quantitative estimate of drug-likeness (QED) is 0.699. The highest BCUT2D eigenvalue weighted by Crippen LogP contribution is 2.14. The molecule has 1 aromatic carbocycles. The molecule has 0 saturated carbocycles. The molecular weight excluding hydrogens is 204 g/mol. The Bertz CT molecular complexity index is 353. The summed E-state index contributed by atoms with van der Waals surface area (Å²) in [6.45, 7) is 2.29. The lowest BCUT2D eigenvalue weighted by atomic mass is 10.1. The molecule has 0 aliphatic rings. The summed E-state index contributed by atoms with van der Waals surface area (Å²) in [7, 11) is 0. The van der Waals surface area contributed by atoms with E-state index in [4.69, 9.17) is 5.73 Å². The molecule has 0 saturated heterocycles. The minimum atomic E-state index is -0.462. The minimum Gasteiger partial charge on any atom is -0.508 e. The predicted molar refractivity (Wildman–Crippen MR) is 62.8 cm³/mol. The van der Waals surface area contributed by atoms with Crippen LogP contribution in [0.2, 0.25) is 0 Å². The van der Waals surface area contributed by atoms with E-state index in [1.807, 2.05) is 13.0 Å². The fraction of sp³-hybridized carbons (Fsp3) is 0.417. The van der Waals surface area contributed by atoms with Crippen molar-refractivity contribution in [2.24, 2.45) is 5.73 Å². The first-order chi connectivity index (χ1) is 7.65. The number of para-hydroxylation sites is 1. The van der Waals surface area contributed by atoms with E-state index in [0.717, 1.165) is 6.42 Å². The minimum absolute atomic E-state index is 0.176. The van der Waals surface area contributed by atoms with Gasteiger partial charge in [0.05, 0.1) is 6.04 Å². The molecule has 0 aliphatic carbocycles. The van der Waals surface area contributed by atoms with Gasteiger partial charge in [0.25, 0.3) is 0 Å². The first kappa shape index (κ1) is 12.5. The Labute approximate surface area is 95.5 Å². The second kappa shape index (κ2) is 6.12. The Kier molecular flexibility index (Phi) is 4.79. The maximum Gasteiger partial charge on any atom is 0.237 e. The van der Waals surface area contributed by atoms with Crippen LogP contribution in [-0.4, -0.2) is 17.1 Å². The topological polar surface area (TPSA) is 75.4 Å². The summed E-state index contributed by atoms with van der Waals surface area (Å²) in [5, 5.41) is 12.2. The molecule has 1 aromatic rings. The van der Waals surface area contributed by atoms with Crippen molar-refractivity contribution in [3.8, 4) is 5.75 Å². The zero-order valence-electron chi connectivity index (χ0n) is 9.44. The van der Waals surface area contributed by atoms with Crippen LogP contribution in [0.1, 0.15) is 25.3 Å². The molecule has 0 bridgehead atoms. The number of nitrogens with one attached hydrogen (secondary N) is 1. The van der Waals surface area contributed by atoms with Crippen LogP contribution < -0.4 is 11.1 Å². The molecule has 4 nitrogen and oxygen atoms in total. The van der Waals surface area contributed by atoms with Crippen molar-refractivity contribution >= 4 is 5.91 Å². The Morgan fingerprint density at radius 2 is 2.19 bits per heavy atom. The number of aromatic hydroxyl groups is 1. The van der Waals surface area contributed by atoms with Crippen molar-refractivity contribution in [2.45, 2.75) is 32.4 Å². The molecule has 1 amide bonds. The molecule has 0 aliphatic heterocycles. The van der Waals surface area contributed by atoms with E-state index in [-0.39, 0.29) is 11.7 Å². The number of carbonyl (C=O) groups is 1. The van der Waals surface area contributed by atoms with Gasteiger partial charge in [0.1, 0.15) is 5.75 Å². The number of nitrogens with two attached hydrogens (primary N) is 1.